The molecule has 6 nitrogen and oxygen atoms in total. The zero-order valence-corrected chi connectivity index (χ0v) is 14.3. The lowest BCUT2D eigenvalue weighted by Crippen LogP contribution is -2.41. The van der Waals surface area contributed by atoms with Gasteiger partial charge in [-0.3, -0.25) is 18.7 Å². The minimum atomic E-state index is -0.305. The molecule has 0 N–H and O–H groups in total. The van der Waals surface area contributed by atoms with Crippen LogP contribution in [-0.4, -0.2) is 19.9 Å². The van der Waals surface area contributed by atoms with Gasteiger partial charge in [-0.25, -0.2) is 9.78 Å². The number of nitrogens with zero attached hydrogens (tertiary/aromatic N) is 3. The topological polar surface area (TPSA) is 74.0 Å². The van der Waals surface area contributed by atoms with Gasteiger partial charge in [0.2, 0.25) is 0 Å². The molecule has 0 spiro atoms. The van der Waals surface area contributed by atoms with Gasteiger partial charge in [0.15, 0.2) is 5.78 Å². The Labute approximate surface area is 140 Å². The van der Waals surface area contributed by atoms with E-state index in [9.17, 15) is 14.4 Å². The van der Waals surface area contributed by atoms with Gasteiger partial charge in [-0.15, -0.1) is 0 Å². The van der Waals surface area contributed by atoms with Crippen molar-refractivity contribution in [3.63, 3.8) is 0 Å². The first-order valence-electron chi connectivity index (χ1n) is 8.78. The molecule has 1 aliphatic rings. The standard InChI is InChI=1S/C18H23N3O3/c1-3-5-6-10-21-17(23)15-12-8-7-9-14(22)13(12)11-19-16(15)20(4-2)18(21)24/h11H,3-10H2,1-2H3. The largest absolute Gasteiger partial charge is 0.332 e. The Kier molecular flexibility index (Phi) is 4.64. The van der Waals surface area contributed by atoms with E-state index in [1.165, 1.54) is 10.8 Å². The van der Waals surface area contributed by atoms with Crippen molar-refractivity contribution in [3.8, 4) is 0 Å². The van der Waals surface area contributed by atoms with Crippen molar-refractivity contribution in [2.75, 3.05) is 0 Å². The van der Waals surface area contributed by atoms with E-state index in [0.29, 0.717) is 42.5 Å². The van der Waals surface area contributed by atoms with Crippen LogP contribution >= 0.6 is 0 Å². The number of unbranched alkanes of at least 4 members (excludes halogenated alkanes) is 2. The number of Topliss-reactive ketones (excluding diaryl/α,β-unsaturated/α-hetero) is 1. The molecule has 0 aliphatic heterocycles. The van der Waals surface area contributed by atoms with Crippen LogP contribution in [0.15, 0.2) is 15.8 Å². The summed E-state index contributed by atoms with van der Waals surface area (Å²) in [5, 5.41) is 0.457. The fourth-order valence-electron chi connectivity index (χ4n) is 3.49. The van der Waals surface area contributed by atoms with E-state index in [-0.39, 0.29) is 17.0 Å². The Hall–Kier alpha value is -2.24. The SMILES string of the molecule is CCCCCn1c(=O)c2c3c(cnc2n(CC)c1=O)C(=O)CCC3. The van der Waals surface area contributed by atoms with E-state index in [1.807, 2.05) is 6.92 Å². The molecule has 0 atom stereocenters. The predicted molar refractivity (Wildman–Crippen MR) is 92.7 cm³/mol. The molecule has 0 saturated carbocycles. The zero-order valence-electron chi connectivity index (χ0n) is 14.3. The molecule has 0 saturated heterocycles. The van der Waals surface area contributed by atoms with Crippen LogP contribution < -0.4 is 11.2 Å². The number of carbonyl (C=O) groups is 1. The van der Waals surface area contributed by atoms with Gasteiger partial charge in [0.1, 0.15) is 5.65 Å². The van der Waals surface area contributed by atoms with E-state index in [0.717, 1.165) is 31.2 Å². The summed E-state index contributed by atoms with van der Waals surface area (Å²) in [6, 6.07) is 0. The molecule has 3 rings (SSSR count). The van der Waals surface area contributed by atoms with Crippen molar-refractivity contribution in [2.45, 2.75) is 65.5 Å². The number of pyridine rings is 1. The number of ketones is 1. The van der Waals surface area contributed by atoms with E-state index in [4.69, 9.17) is 0 Å². The Morgan fingerprint density at radius 2 is 1.88 bits per heavy atom. The molecule has 2 aromatic rings. The summed E-state index contributed by atoms with van der Waals surface area (Å²) in [5.41, 5.74) is 1.13. The third-order valence-electron chi connectivity index (χ3n) is 4.78. The van der Waals surface area contributed by atoms with E-state index in [2.05, 4.69) is 11.9 Å². The van der Waals surface area contributed by atoms with Crippen molar-refractivity contribution in [1.29, 1.82) is 0 Å². The molecule has 0 aromatic carbocycles. The summed E-state index contributed by atoms with van der Waals surface area (Å²) in [5.74, 6) is 0.0387. The number of hydrogen-bond donors (Lipinski definition) is 0. The summed E-state index contributed by atoms with van der Waals surface area (Å²) in [6.07, 6.45) is 6.25. The third-order valence-corrected chi connectivity index (χ3v) is 4.78. The van der Waals surface area contributed by atoms with Gasteiger partial charge < -0.3 is 0 Å². The maximum atomic E-state index is 13.0. The number of aromatic nitrogens is 3. The molecular formula is C18H23N3O3. The molecule has 2 heterocycles. The molecule has 0 amide bonds. The number of aryl methyl sites for hydroxylation is 2. The average Bonchev–Trinajstić information content (AvgIpc) is 2.58. The summed E-state index contributed by atoms with van der Waals surface area (Å²) in [7, 11) is 0. The van der Waals surface area contributed by atoms with Crippen LogP contribution in [0.1, 0.15) is 61.9 Å². The normalized spacial score (nSPS) is 14.2. The van der Waals surface area contributed by atoms with Crippen molar-refractivity contribution in [1.82, 2.24) is 14.1 Å². The molecule has 0 bridgehead atoms. The van der Waals surface area contributed by atoms with Crippen molar-refractivity contribution >= 4 is 16.8 Å². The molecule has 0 fully saturated rings. The van der Waals surface area contributed by atoms with E-state index < -0.39 is 0 Å². The average molecular weight is 329 g/mol. The molecule has 1 aliphatic carbocycles. The first-order chi connectivity index (χ1) is 11.6. The van der Waals surface area contributed by atoms with Crippen molar-refractivity contribution in [2.24, 2.45) is 0 Å². The van der Waals surface area contributed by atoms with Crippen LogP contribution in [0.2, 0.25) is 0 Å². The van der Waals surface area contributed by atoms with Crippen LogP contribution in [0.5, 0.6) is 0 Å². The fourth-order valence-corrected chi connectivity index (χ4v) is 3.49. The lowest BCUT2D eigenvalue weighted by atomic mass is 9.90. The van der Waals surface area contributed by atoms with Gasteiger partial charge in [-0.2, -0.15) is 0 Å². The summed E-state index contributed by atoms with van der Waals surface area (Å²) in [4.78, 5) is 42.1. The van der Waals surface area contributed by atoms with E-state index in [1.54, 1.807) is 4.57 Å². The van der Waals surface area contributed by atoms with Crippen LogP contribution in [-0.2, 0) is 19.5 Å². The Balaban J connectivity index is 2.32. The molecule has 0 unspecified atom stereocenters. The number of rotatable bonds is 5. The Morgan fingerprint density at radius 1 is 1.08 bits per heavy atom. The van der Waals surface area contributed by atoms with Gasteiger partial charge in [0.05, 0.1) is 5.39 Å². The number of carbonyl (C=O) groups excluding carboxylic acids is 1. The van der Waals surface area contributed by atoms with Gasteiger partial charge in [-0.1, -0.05) is 19.8 Å². The summed E-state index contributed by atoms with van der Waals surface area (Å²) < 4.78 is 2.87. The van der Waals surface area contributed by atoms with Crippen LogP contribution in [0.25, 0.3) is 11.0 Å². The lowest BCUT2D eigenvalue weighted by molar-refractivity contribution is 0.0972. The molecule has 24 heavy (non-hydrogen) atoms. The van der Waals surface area contributed by atoms with Crippen molar-refractivity contribution in [3.05, 3.63) is 38.2 Å². The quantitative estimate of drug-likeness (QED) is 0.789. The van der Waals surface area contributed by atoms with Crippen LogP contribution in [0, 0.1) is 0 Å². The highest BCUT2D eigenvalue weighted by Gasteiger charge is 2.24. The Bertz CT molecular complexity index is 908. The van der Waals surface area contributed by atoms with Gasteiger partial charge in [0, 0.05) is 31.3 Å². The summed E-state index contributed by atoms with van der Waals surface area (Å²) in [6.45, 7) is 4.82. The molecule has 6 heteroatoms. The number of fused-ring (bicyclic) bond motifs is 3. The maximum absolute atomic E-state index is 13.0. The van der Waals surface area contributed by atoms with Crippen molar-refractivity contribution < 1.29 is 4.79 Å². The highest BCUT2D eigenvalue weighted by Crippen LogP contribution is 2.25. The lowest BCUT2D eigenvalue weighted by Gasteiger charge is -2.19. The third kappa shape index (κ3) is 2.60. The number of hydrogen-bond acceptors (Lipinski definition) is 4. The zero-order chi connectivity index (χ0) is 17.3. The second-order valence-corrected chi connectivity index (χ2v) is 6.32. The molecule has 128 valence electrons. The van der Waals surface area contributed by atoms with E-state index >= 15 is 0 Å². The first-order valence-corrected chi connectivity index (χ1v) is 8.78. The minimum Gasteiger partial charge on any atom is -0.294 e. The molecule has 2 aromatic heterocycles. The summed E-state index contributed by atoms with van der Waals surface area (Å²) >= 11 is 0. The first kappa shape index (κ1) is 16.6. The fraction of sp³-hybridized carbons (Fsp3) is 0.556. The smallest absolute Gasteiger partial charge is 0.294 e. The minimum absolute atomic E-state index is 0.0387. The monoisotopic (exact) mass is 329 g/mol. The van der Waals surface area contributed by atoms with Gasteiger partial charge in [0.25, 0.3) is 5.56 Å². The van der Waals surface area contributed by atoms with Crippen LogP contribution in [0.4, 0.5) is 0 Å². The second-order valence-electron chi connectivity index (χ2n) is 6.32. The molecular weight excluding hydrogens is 306 g/mol. The highest BCUT2D eigenvalue weighted by atomic mass is 16.2. The predicted octanol–water partition coefficient (Wildman–Crippen LogP) is 2.29. The van der Waals surface area contributed by atoms with Gasteiger partial charge >= 0.3 is 5.69 Å². The maximum Gasteiger partial charge on any atom is 0.332 e. The Morgan fingerprint density at radius 3 is 2.58 bits per heavy atom. The second kappa shape index (κ2) is 6.71. The van der Waals surface area contributed by atoms with Gasteiger partial charge in [-0.05, 0) is 31.7 Å². The van der Waals surface area contributed by atoms with Crippen LogP contribution in [0.3, 0.4) is 0 Å². The highest BCUT2D eigenvalue weighted by molar-refractivity contribution is 6.01. The molecule has 0 radical (unpaired) electrons.